The molecule has 0 bridgehead atoms. The lowest BCUT2D eigenvalue weighted by molar-refractivity contribution is 0.316. The Hall–Kier alpha value is -1.60. The van der Waals surface area contributed by atoms with E-state index in [-0.39, 0.29) is 5.75 Å². The molecule has 1 aromatic carbocycles. The van der Waals surface area contributed by atoms with Crippen molar-refractivity contribution in [1.29, 1.82) is 0 Å². The van der Waals surface area contributed by atoms with E-state index in [4.69, 9.17) is 0 Å². The minimum atomic E-state index is -3.22. The Balaban J connectivity index is 1.67. The average molecular weight is 381 g/mol. The third kappa shape index (κ3) is 8.19. The van der Waals surface area contributed by atoms with Crippen molar-refractivity contribution < 1.29 is 8.42 Å². The van der Waals surface area contributed by atoms with Crippen LogP contribution in [0.15, 0.2) is 35.3 Å². The summed E-state index contributed by atoms with van der Waals surface area (Å²) >= 11 is 0. The van der Waals surface area contributed by atoms with Gasteiger partial charge in [-0.15, -0.1) is 0 Å². The molecule has 1 aliphatic carbocycles. The number of hydrogen-bond acceptors (Lipinski definition) is 3. The number of aryl methyl sites for hydroxylation is 1. The average Bonchev–Trinajstić information content (AvgIpc) is 2.58. The largest absolute Gasteiger partial charge is 0.357 e. The Labute approximate surface area is 157 Å². The summed E-state index contributed by atoms with van der Waals surface area (Å²) in [6.45, 7) is 4.38. The fourth-order valence-corrected chi connectivity index (χ4v) is 3.78. The van der Waals surface area contributed by atoms with E-state index in [2.05, 4.69) is 32.5 Å². The molecule has 1 aliphatic rings. The van der Waals surface area contributed by atoms with E-state index in [0.29, 0.717) is 31.5 Å². The van der Waals surface area contributed by atoms with Gasteiger partial charge in [0.2, 0.25) is 10.0 Å². The van der Waals surface area contributed by atoms with Gasteiger partial charge in [0.1, 0.15) is 0 Å². The molecule has 1 aromatic rings. The second kappa shape index (κ2) is 11.2. The van der Waals surface area contributed by atoms with Crippen molar-refractivity contribution in [2.24, 2.45) is 10.9 Å². The highest BCUT2D eigenvalue weighted by Crippen LogP contribution is 2.25. The zero-order valence-electron chi connectivity index (χ0n) is 15.7. The summed E-state index contributed by atoms with van der Waals surface area (Å²) in [5, 5.41) is 6.27. The first-order valence-electron chi connectivity index (χ1n) is 9.62. The van der Waals surface area contributed by atoms with Crippen LogP contribution in [-0.2, 0) is 16.4 Å². The molecule has 6 nitrogen and oxygen atoms in total. The normalized spacial score (nSPS) is 15.5. The van der Waals surface area contributed by atoms with E-state index in [1.807, 2.05) is 25.1 Å². The minimum absolute atomic E-state index is 0.0636. The van der Waals surface area contributed by atoms with Crippen molar-refractivity contribution in [3.05, 3.63) is 35.9 Å². The van der Waals surface area contributed by atoms with Crippen LogP contribution in [0.1, 0.15) is 38.2 Å². The number of aliphatic imine (C=N–C) groups is 1. The predicted octanol–water partition coefficient (Wildman–Crippen LogP) is 1.89. The van der Waals surface area contributed by atoms with Crippen LogP contribution in [0.4, 0.5) is 0 Å². The molecule has 0 atom stereocenters. The fraction of sp³-hybridized carbons (Fsp3) is 0.632. The van der Waals surface area contributed by atoms with E-state index in [1.54, 1.807) is 0 Å². The molecule has 0 radical (unpaired) electrons. The molecule has 0 aliphatic heterocycles. The standard InChI is InChI=1S/C19H32N4O2S/c1-2-20-19(21-13-7-12-17-8-4-3-5-9-17)22-14-15-26(24,25)23-16-18-10-6-11-18/h3-5,8-9,18,23H,2,6-7,10-16H2,1H3,(H2,20,21,22). The van der Waals surface area contributed by atoms with E-state index >= 15 is 0 Å². The fourth-order valence-electron chi connectivity index (χ4n) is 2.78. The molecule has 3 N–H and O–H groups in total. The van der Waals surface area contributed by atoms with E-state index in [0.717, 1.165) is 32.2 Å². The first-order valence-corrected chi connectivity index (χ1v) is 11.3. The van der Waals surface area contributed by atoms with Gasteiger partial charge in [-0.1, -0.05) is 36.8 Å². The number of nitrogens with one attached hydrogen (secondary N) is 3. The first-order chi connectivity index (χ1) is 12.6. The van der Waals surface area contributed by atoms with Crippen molar-refractivity contribution >= 4 is 16.0 Å². The highest BCUT2D eigenvalue weighted by Gasteiger charge is 2.19. The maximum Gasteiger partial charge on any atom is 0.213 e. The highest BCUT2D eigenvalue weighted by atomic mass is 32.2. The quantitative estimate of drug-likeness (QED) is 0.311. The maximum absolute atomic E-state index is 12.0. The van der Waals surface area contributed by atoms with Crippen LogP contribution >= 0.6 is 0 Å². The zero-order valence-corrected chi connectivity index (χ0v) is 16.5. The number of guanidine groups is 1. The van der Waals surface area contributed by atoms with Crippen molar-refractivity contribution in [2.75, 3.05) is 31.9 Å². The van der Waals surface area contributed by atoms with Crippen molar-refractivity contribution in [3.8, 4) is 0 Å². The van der Waals surface area contributed by atoms with Gasteiger partial charge in [-0.2, -0.15) is 0 Å². The number of sulfonamides is 1. The summed E-state index contributed by atoms with van der Waals surface area (Å²) in [6, 6.07) is 10.3. The monoisotopic (exact) mass is 380 g/mol. The lowest BCUT2D eigenvalue weighted by atomic mass is 9.86. The van der Waals surface area contributed by atoms with Crippen LogP contribution in [0.3, 0.4) is 0 Å². The summed E-state index contributed by atoms with van der Waals surface area (Å²) in [5.41, 5.74) is 1.31. The Bertz CT molecular complexity index is 643. The molecule has 0 unspecified atom stereocenters. The maximum atomic E-state index is 12.0. The van der Waals surface area contributed by atoms with Gasteiger partial charge in [-0.05, 0) is 44.1 Å². The molecule has 1 saturated carbocycles. The van der Waals surface area contributed by atoms with Crippen LogP contribution in [0.2, 0.25) is 0 Å². The Morgan fingerprint density at radius 2 is 1.96 bits per heavy atom. The topological polar surface area (TPSA) is 82.6 Å². The van der Waals surface area contributed by atoms with Crippen LogP contribution in [0.5, 0.6) is 0 Å². The predicted molar refractivity (Wildman–Crippen MR) is 108 cm³/mol. The van der Waals surface area contributed by atoms with Crippen LogP contribution in [-0.4, -0.2) is 46.3 Å². The second-order valence-electron chi connectivity index (χ2n) is 6.74. The molecular formula is C19H32N4O2S. The number of hydrogen-bond donors (Lipinski definition) is 3. The van der Waals surface area contributed by atoms with Gasteiger partial charge in [-0.25, -0.2) is 13.1 Å². The summed E-state index contributed by atoms with van der Waals surface area (Å²) < 4.78 is 26.7. The molecule has 26 heavy (non-hydrogen) atoms. The van der Waals surface area contributed by atoms with Gasteiger partial charge in [0.25, 0.3) is 0 Å². The van der Waals surface area contributed by atoms with Gasteiger partial charge in [0, 0.05) is 26.2 Å². The van der Waals surface area contributed by atoms with Crippen molar-refractivity contribution in [3.63, 3.8) is 0 Å². The molecule has 0 heterocycles. The minimum Gasteiger partial charge on any atom is -0.357 e. The van der Waals surface area contributed by atoms with Gasteiger partial charge in [-0.3, -0.25) is 4.99 Å². The Kier molecular flexibility index (Phi) is 8.91. The zero-order chi connectivity index (χ0) is 18.7. The Morgan fingerprint density at radius 1 is 1.19 bits per heavy atom. The van der Waals surface area contributed by atoms with Crippen molar-refractivity contribution in [1.82, 2.24) is 15.4 Å². The molecule has 7 heteroatoms. The number of benzene rings is 1. The van der Waals surface area contributed by atoms with Crippen molar-refractivity contribution in [2.45, 2.75) is 39.0 Å². The smallest absolute Gasteiger partial charge is 0.213 e. The number of rotatable bonds is 11. The van der Waals surface area contributed by atoms with Gasteiger partial charge < -0.3 is 10.6 Å². The van der Waals surface area contributed by atoms with Gasteiger partial charge in [0.05, 0.1) is 5.75 Å². The SMILES string of the molecule is CCNC(=NCCCc1ccccc1)NCCS(=O)(=O)NCC1CCC1. The van der Waals surface area contributed by atoms with Crippen LogP contribution in [0.25, 0.3) is 0 Å². The molecule has 0 spiro atoms. The van der Waals surface area contributed by atoms with Crippen LogP contribution in [0, 0.1) is 5.92 Å². The third-order valence-electron chi connectivity index (χ3n) is 4.56. The molecular weight excluding hydrogens is 348 g/mol. The summed E-state index contributed by atoms with van der Waals surface area (Å²) in [7, 11) is -3.22. The van der Waals surface area contributed by atoms with Gasteiger partial charge in [0.15, 0.2) is 5.96 Å². The van der Waals surface area contributed by atoms with E-state index < -0.39 is 10.0 Å². The summed E-state index contributed by atoms with van der Waals surface area (Å²) in [6.07, 6.45) is 5.45. The number of nitrogens with zero attached hydrogens (tertiary/aromatic N) is 1. The van der Waals surface area contributed by atoms with E-state index in [9.17, 15) is 8.42 Å². The third-order valence-corrected chi connectivity index (χ3v) is 5.91. The summed E-state index contributed by atoms with van der Waals surface area (Å²) in [5.74, 6) is 1.27. The highest BCUT2D eigenvalue weighted by molar-refractivity contribution is 7.89. The molecule has 1 fully saturated rings. The lowest BCUT2D eigenvalue weighted by Crippen LogP contribution is -2.42. The molecule has 146 valence electrons. The molecule has 0 aromatic heterocycles. The van der Waals surface area contributed by atoms with Crippen LogP contribution < -0.4 is 15.4 Å². The lowest BCUT2D eigenvalue weighted by Gasteiger charge is -2.25. The molecule has 0 saturated heterocycles. The molecule has 0 amide bonds. The Morgan fingerprint density at radius 3 is 2.62 bits per heavy atom. The second-order valence-corrected chi connectivity index (χ2v) is 8.67. The van der Waals surface area contributed by atoms with Gasteiger partial charge >= 0.3 is 0 Å². The first kappa shape index (κ1) is 20.7. The summed E-state index contributed by atoms with van der Waals surface area (Å²) in [4.78, 5) is 4.52. The van der Waals surface area contributed by atoms with E-state index in [1.165, 1.54) is 12.0 Å². The molecule has 2 rings (SSSR count).